The SMILES string of the molecule is COc1cc(Cl)c(C)cc1NC(=O)c1ccc(NCc2ccco2)nn1. The van der Waals surface area contributed by atoms with Crippen LogP contribution in [0.5, 0.6) is 5.75 Å². The van der Waals surface area contributed by atoms with Crippen LogP contribution in [-0.4, -0.2) is 23.2 Å². The molecule has 0 atom stereocenters. The molecule has 2 heterocycles. The maximum atomic E-state index is 12.4. The molecule has 134 valence electrons. The molecular formula is C18H17ClN4O3. The Morgan fingerprint density at radius 2 is 2.12 bits per heavy atom. The molecule has 1 amide bonds. The van der Waals surface area contributed by atoms with E-state index in [4.69, 9.17) is 20.8 Å². The number of carbonyl (C=O) groups is 1. The van der Waals surface area contributed by atoms with Crippen molar-refractivity contribution in [3.8, 4) is 5.75 Å². The number of furan rings is 1. The van der Waals surface area contributed by atoms with Crippen molar-refractivity contribution in [2.45, 2.75) is 13.5 Å². The molecule has 0 bridgehead atoms. The Morgan fingerprint density at radius 1 is 1.27 bits per heavy atom. The minimum Gasteiger partial charge on any atom is -0.495 e. The van der Waals surface area contributed by atoms with E-state index in [0.717, 1.165) is 11.3 Å². The van der Waals surface area contributed by atoms with E-state index in [1.54, 1.807) is 30.5 Å². The summed E-state index contributed by atoms with van der Waals surface area (Å²) in [4.78, 5) is 12.4. The summed E-state index contributed by atoms with van der Waals surface area (Å²) in [5.41, 5.74) is 1.52. The summed E-state index contributed by atoms with van der Waals surface area (Å²) >= 11 is 6.07. The smallest absolute Gasteiger partial charge is 0.276 e. The predicted octanol–water partition coefficient (Wildman–Crippen LogP) is 3.90. The molecule has 0 radical (unpaired) electrons. The first-order valence-electron chi connectivity index (χ1n) is 7.82. The van der Waals surface area contributed by atoms with Gasteiger partial charge in [-0.2, -0.15) is 0 Å². The largest absolute Gasteiger partial charge is 0.495 e. The van der Waals surface area contributed by atoms with Crippen molar-refractivity contribution in [1.29, 1.82) is 0 Å². The van der Waals surface area contributed by atoms with Gasteiger partial charge in [0, 0.05) is 11.1 Å². The van der Waals surface area contributed by atoms with Gasteiger partial charge in [-0.3, -0.25) is 4.79 Å². The van der Waals surface area contributed by atoms with E-state index in [1.165, 1.54) is 7.11 Å². The average Bonchev–Trinajstić information content (AvgIpc) is 3.17. The molecule has 0 aliphatic rings. The number of halogens is 1. The van der Waals surface area contributed by atoms with Crippen LogP contribution in [0, 0.1) is 6.92 Å². The number of aromatic nitrogens is 2. The number of hydrogen-bond acceptors (Lipinski definition) is 6. The van der Waals surface area contributed by atoms with Crippen molar-refractivity contribution in [3.63, 3.8) is 0 Å². The topological polar surface area (TPSA) is 89.3 Å². The van der Waals surface area contributed by atoms with Gasteiger partial charge in [0.15, 0.2) is 5.69 Å². The molecule has 26 heavy (non-hydrogen) atoms. The van der Waals surface area contributed by atoms with E-state index >= 15 is 0 Å². The van der Waals surface area contributed by atoms with Gasteiger partial charge in [0.05, 0.1) is 25.6 Å². The number of ether oxygens (including phenoxy) is 1. The molecule has 3 rings (SSSR count). The van der Waals surface area contributed by atoms with Crippen LogP contribution in [0.4, 0.5) is 11.5 Å². The summed E-state index contributed by atoms with van der Waals surface area (Å²) in [6, 6.07) is 10.3. The van der Waals surface area contributed by atoms with E-state index in [9.17, 15) is 4.79 Å². The van der Waals surface area contributed by atoms with E-state index < -0.39 is 5.91 Å². The molecule has 0 unspecified atom stereocenters. The van der Waals surface area contributed by atoms with Gasteiger partial charge >= 0.3 is 0 Å². The highest BCUT2D eigenvalue weighted by Gasteiger charge is 2.13. The normalized spacial score (nSPS) is 10.4. The molecule has 2 N–H and O–H groups in total. The average molecular weight is 373 g/mol. The number of carbonyl (C=O) groups excluding carboxylic acids is 1. The third-order valence-corrected chi connectivity index (χ3v) is 4.06. The van der Waals surface area contributed by atoms with Gasteiger partial charge in [0.25, 0.3) is 5.91 Å². The molecule has 0 aliphatic heterocycles. The summed E-state index contributed by atoms with van der Waals surface area (Å²) in [5.74, 6) is 1.39. The van der Waals surface area contributed by atoms with Crippen LogP contribution in [0.1, 0.15) is 21.8 Å². The number of anilines is 2. The van der Waals surface area contributed by atoms with Crippen molar-refractivity contribution in [3.05, 3.63) is 64.7 Å². The van der Waals surface area contributed by atoms with Gasteiger partial charge in [-0.05, 0) is 42.8 Å². The van der Waals surface area contributed by atoms with Gasteiger partial charge < -0.3 is 19.8 Å². The zero-order valence-electron chi connectivity index (χ0n) is 14.2. The Labute approximate surface area is 155 Å². The molecule has 0 spiro atoms. The minimum atomic E-state index is -0.393. The van der Waals surface area contributed by atoms with E-state index in [0.29, 0.717) is 28.8 Å². The first-order valence-corrected chi connectivity index (χ1v) is 8.20. The zero-order chi connectivity index (χ0) is 18.5. The third-order valence-electron chi connectivity index (χ3n) is 3.65. The molecule has 8 heteroatoms. The Hall–Kier alpha value is -3.06. The monoisotopic (exact) mass is 372 g/mol. The second-order valence-electron chi connectivity index (χ2n) is 5.49. The van der Waals surface area contributed by atoms with Gasteiger partial charge in [-0.25, -0.2) is 0 Å². The van der Waals surface area contributed by atoms with Crippen molar-refractivity contribution in [2.75, 3.05) is 17.7 Å². The number of nitrogens with zero attached hydrogens (tertiary/aromatic N) is 2. The van der Waals surface area contributed by atoms with E-state index in [2.05, 4.69) is 20.8 Å². The Bertz CT molecular complexity index is 896. The highest BCUT2D eigenvalue weighted by molar-refractivity contribution is 6.31. The number of benzene rings is 1. The zero-order valence-corrected chi connectivity index (χ0v) is 15.0. The lowest BCUT2D eigenvalue weighted by atomic mass is 10.2. The van der Waals surface area contributed by atoms with Gasteiger partial charge in [0.1, 0.15) is 17.3 Å². The van der Waals surface area contributed by atoms with Crippen LogP contribution in [-0.2, 0) is 6.54 Å². The van der Waals surface area contributed by atoms with Crippen LogP contribution < -0.4 is 15.4 Å². The summed E-state index contributed by atoms with van der Waals surface area (Å²) in [7, 11) is 1.51. The van der Waals surface area contributed by atoms with Crippen LogP contribution in [0.25, 0.3) is 0 Å². The lowest BCUT2D eigenvalue weighted by Crippen LogP contribution is -2.15. The number of hydrogen-bond donors (Lipinski definition) is 2. The Balaban J connectivity index is 1.67. The summed E-state index contributed by atoms with van der Waals surface area (Å²) < 4.78 is 10.5. The Morgan fingerprint density at radius 3 is 2.77 bits per heavy atom. The van der Waals surface area contributed by atoms with E-state index in [-0.39, 0.29) is 5.69 Å². The predicted molar refractivity (Wildman–Crippen MR) is 98.8 cm³/mol. The standard InChI is InChI=1S/C18H17ClN4O3/c1-11-8-15(16(25-2)9-13(11)19)21-18(24)14-5-6-17(23-22-14)20-10-12-4-3-7-26-12/h3-9H,10H2,1-2H3,(H,20,23)(H,21,24). The summed E-state index contributed by atoms with van der Waals surface area (Å²) in [6.45, 7) is 2.32. The quantitative estimate of drug-likeness (QED) is 0.682. The number of amides is 1. The number of aryl methyl sites for hydroxylation is 1. The van der Waals surface area contributed by atoms with Crippen LogP contribution in [0.2, 0.25) is 5.02 Å². The molecular weight excluding hydrogens is 356 g/mol. The fourth-order valence-electron chi connectivity index (χ4n) is 2.25. The highest BCUT2D eigenvalue weighted by Crippen LogP contribution is 2.31. The van der Waals surface area contributed by atoms with Crippen molar-refractivity contribution in [1.82, 2.24) is 10.2 Å². The summed E-state index contributed by atoms with van der Waals surface area (Å²) in [5, 5.41) is 14.3. The molecule has 3 aromatic rings. The second kappa shape index (κ2) is 7.88. The van der Waals surface area contributed by atoms with Crippen LogP contribution >= 0.6 is 11.6 Å². The van der Waals surface area contributed by atoms with Crippen LogP contribution in [0.15, 0.2) is 47.1 Å². The molecule has 1 aromatic carbocycles. The molecule has 0 aliphatic carbocycles. The molecule has 2 aromatic heterocycles. The van der Waals surface area contributed by atoms with Crippen molar-refractivity contribution in [2.24, 2.45) is 0 Å². The Kier molecular flexibility index (Phi) is 5.38. The van der Waals surface area contributed by atoms with Crippen LogP contribution in [0.3, 0.4) is 0 Å². The fourth-order valence-corrected chi connectivity index (χ4v) is 2.41. The maximum Gasteiger partial charge on any atom is 0.276 e. The lowest BCUT2D eigenvalue weighted by molar-refractivity contribution is 0.102. The molecule has 7 nitrogen and oxygen atoms in total. The number of rotatable bonds is 6. The van der Waals surface area contributed by atoms with Gasteiger partial charge in [0.2, 0.25) is 0 Å². The number of nitrogens with one attached hydrogen (secondary N) is 2. The fraction of sp³-hybridized carbons (Fsp3) is 0.167. The van der Waals surface area contributed by atoms with Gasteiger partial charge in [-0.15, -0.1) is 10.2 Å². The van der Waals surface area contributed by atoms with Crippen molar-refractivity contribution < 1.29 is 13.9 Å². The minimum absolute atomic E-state index is 0.184. The van der Waals surface area contributed by atoms with Gasteiger partial charge in [-0.1, -0.05) is 11.6 Å². The first-order chi connectivity index (χ1) is 12.6. The molecule has 0 saturated carbocycles. The number of methoxy groups -OCH3 is 1. The lowest BCUT2D eigenvalue weighted by Gasteiger charge is -2.12. The maximum absolute atomic E-state index is 12.4. The third kappa shape index (κ3) is 4.12. The second-order valence-corrected chi connectivity index (χ2v) is 5.90. The van der Waals surface area contributed by atoms with E-state index in [1.807, 2.05) is 19.1 Å². The highest BCUT2D eigenvalue weighted by atomic mass is 35.5. The first kappa shape index (κ1) is 17.8. The molecule has 0 saturated heterocycles. The molecule has 0 fully saturated rings. The van der Waals surface area contributed by atoms with Crippen molar-refractivity contribution >= 4 is 29.0 Å². The summed E-state index contributed by atoms with van der Waals surface area (Å²) in [6.07, 6.45) is 1.60.